The van der Waals surface area contributed by atoms with E-state index in [0.717, 1.165) is 43.2 Å². The first-order valence-corrected chi connectivity index (χ1v) is 7.56. The minimum atomic E-state index is 0.687. The molecule has 1 fully saturated rings. The van der Waals surface area contributed by atoms with Gasteiger partial charge in [-0.2, -0.15) is 0 Å². The van der Waals surface area contributed by atoms with Gasteiger partial charge in [-0.1, -0.05) is 13.0 Å². The Morgan fingerprint density at radius 1 is 1.30 bits per heavy atom. The average molecular weight is 277 g/mol. The summed E-state index contributed by atoms with van der Waals surface area (Å²) >= 11 is 0. The van der Waals surface area contributed by atoms with Crippen LogP contribution < -0.4 is 15.4 Å². The van der Waals surface area contributed by atoms with Gasteiger partial charge in [0.25, 0.3) is 0 Å². The number of benzene rings is 1. The molecule has 2 N–H and O–H groups in total. The minimum Gasteiger partial charge on any atom is -0.491 e. The smallest absolute Gasteiger partial charge is 0.144 e. The molecule has 0 aromatic heterocycles. The van der Waals surface area contributed by atoms with Crippen molar-refractivity contribution in [1.29, 1.82) is 0 Å². The lowest BCUT2D eigenvalue weighted by atomic mass is 10.0. The molecule has 0 aliphatic carbocycles. The lowest BCUT2D eigenvalue weighted by Crippen LogP contribution is -2.42. The highest BCUT2D eigenvalue weighted by Crippen LogP contribution is 2.34. The monoisotopic (exact) mass is 277 g/mol. The van der Waals surface area contributed by atoms with Gasteiger partial charge in [0, 0.05) is 19.1 Å². The van der Waals surface area contributed by atoms with E-state index in [1.165, 1.54) is 12.8 Å². The fraction of sp³-hybridized carbons (Fsp3) is 0.625. The van der Waals surface area contributed by atoms with E-state index in [9.17, 15) is 0 Å². The molecule has 112 valence electrons. The van der Waals surface area contributed by atoms with Gasteiger partial charge in [0.05, 0.1) is 18.0 Å². The first kappa shape index (κ1) is 15.0. The van der Waals surface area contributed by atoms with E-state index < -0.39 is 0 Å². The number of nitrogens with zero attached hydrogens (tertiary/aromatic N) is 2. The number of nitrogens with two attached hydrogens (primary N) is 1. The van der Waals surface area contributed by atoms with Gasteiger partial charge in [-0.25, -0.2) is 0 Å². The molecule has 4 nitrogen and oxygen atoms in total. The number of nitrogen functional groups attached to an aromatic ring is 1. The van der Waals surface area contributed by atoms with Crippen molar-refractivity contribution in [2.75, 3.05) is 44.4 Å². The van der Waals surface area contributed by atoms with Crippen LogP contribution >= 0.6 is 0 Å². The summed E-state index contributed by atoms with van der Waals surface area (Å²) in [7, 11) is 4.32. The SMILES string of the molecule is CCCOc1cccc(N2CCC(N(C)C)CC2)c1N. The molecule has 1 saturated heterocycles. The van der Waals surface area contributed by atoms with Crippen molar-refractivity contribution in [3.63, 3.8) is 0 Å². The molecular weight excluding hydrogens is 250 g/mol. The Hall–Kier alpha value is -1.42. The summed E-state index contributed by atoms with van der Waals surface area (Å²) in [6.45, 7) is 4.94. The fourth-order valence-corrected chi connectivity index (χ4v) is 2.77. The van der Waals surface area contributed by atoms with Crippen LogP contribution in [-0.4, -0.2) is 44.7 Å². The van der Waals surface area contributed by atoms with E-state index in [1.54, 1.807) is 0 Å². The Kier molecular flexibility index (Phi) is 5.12. The van der Waals surface area contributed by atoms with Crippen LogP contribution in [0.25, 0.3) is 0 Å². The summed E-state index contributed by atoms with van der Waals surface area (Å²) in [4.78, 5) is 4.70. The molecule has 20 heavy (non-hydrogen) atoms. The maximum atomic E-state index is 6.27. The second-order valence-electron chi connectivity index (χ2n) is 5.72. The normalized spacial score (nSPS) is 16.7. The lowest BCUT2D eigenvalue weighted by Gasteiger charge is -2.37. The van der Waals surface area contributed by atoms with Gasteiger partial charge in [0.2, 0.25) is 0 Å². The van der Waals surface area contributed by atoms with E-state index in [4.69, 9.17) is 10.5 Å². The Bertz CT molecular complexity index is 426. The van der Waals surface area contributed by atoms with Gasteiger partial charge < -0.3 is 20.3 Å². The first-order valence-electron chi connectivity index (χ1n) is 7.56. The molecule has 0 saturated carbocycles. The van der Waals surface area contributed by atoms with Crippen LogP contribution in [0.5, 0.6) is 5.75 Å². The molecule has 1 aromatic carbocycles. The number of anilines is 2. The topological polar surface area (TPSA) is 41.7 Å². The zero-order valence-corrected chi connectivity index (χ0v) is 12.9. The number of hydrogen-bond donors (Lipinski definition) is 1. The van der Waals surface area contributed by atoms with Crippen LogP contribution in [0, 0.1) is 0 Å². The second-order valence-corrected chi connectivity index (χ2v) is 5.72. The summed E-state index contributed by atoms with van der Waals surface area (Å²) in [5.74, 6) is 0.819. The highest BCUT2D eigenvalue weighted by atomic mass is 16.5. The maximum Gasteiger partial charge on any atom is 0.144 e. The van der Waals surface area contributed by atoms with Gasteiger partial charge in [0.15, 0.2) is 0 Å². The first-order chi connectivity index (χ1) is 9.63. The van der Waals surface area contributed by atoms with Crippen molar-refractivity contribution in [1.82, 2.24) is 4.90 Å². The molecule has 4 heteroatoms. The second kappa shape index (κ2) is 6.84. The van der Waals surface area contributed by atoms with Crippen molar-refractivity contribution < 1.29 is 4.74 Å². The van der Waals surface area contributed by atoms with Gasteiger partial charge in [-0.05, 0) is 45.5 Å². The predicted molar refractivity (Wildman–Crippen MR) is 85.6 cm³/mol. The summed E-state index contributed by atoms with van der Waals surface area (Å²) in [6.07, 6.45) is 3.37. The third-order valence-electron chi connectivity index (χ3n) is 4.04. The lowest BCUT2D eigenvalue weighted by molar-refractivity contribution is 0.249. The van der Waals surface area contributed by atoms with E-state index in [0.29, 0.717) is 6.04 Å². The summed E-state index contributed by atoms with van der Waals surface area (Å²) < 4.78 is 5.72. The van der Waals surface area contributed by atoms with Crippen LogP contribution in [0.1, 0.15) is 26.2 Å². The van der Waals surface area contributed by atoms with Crippen molar-refractivity contribution in [3.05, 3.63) is 18.2 Å². The number of piperidine rings is 1. The van der Waals surface area contributed by atoms with Crippen molar-refractivity contribution in [3.8, 4) is 5.75 Å². The zero-order chi connectivity index (χ0) is 14.5. The van der Waals surface area contributed by atoms with Crippen LogP contribution in [0.2, 0.25) is 0 Å². The third kappa shape index (κ3) is 3.37. The van der Waals surface area contributed by atoms with Gasteiger partial charge in [-0.15, -0.1) is 0 Å². The Balaban J connectivity index is 2.06. The van der Waals surface area contributed by atoms with Gasteiger partial charge in [-0.3, -0.25) is 0 Å². The Morgan fingerprint density at radius 3 is 2.60 bits per heavy atom. The fourth-order valence-electron chi connectivity index (χ4n) is 2.77. The average Bonchev–Trinajstić information content (AvgIpc) is 2.46. The van der Waals surface area contributed by atoms with Crippen LogP contribution in [0.15, 0.2) is 18.2 Å². The van der Waals surface area contributed by atoms with E-state index in [2.05, 4.69) is 36.9 Å². The molecule has 2 rings (SSSR count). The van der Waals surface area contributed by atoms with Crippen molar-refractivity contribution in [2.45, 2.75) is 32.2 Å². The summed E-state index contributed by atoms with van der Waals surface area (Å²) in [5.41, 5.74) is 8.18. The summed E-state index contributed by atoms with van der Waals surface area (Å²) in [6, 6.07) is 6.78. The third-order valence-corrected chi connectivity index (χ3v) is 4.04. The largest absolute Gasteiger partial charge is 0.491 e. The number of ether oxygens (including phenoxy) is 1. The number of rotatable bonds is 5. The molecule has 0 atom stereocenters. The highest BCUT2D eigenvalue weighted by molar-refractivity contribution is 5.74. The van der Waals surface area contributed by atoms with E-state index in [-0.39, 0.29) is 0 Å². The zero-order valence-electron chi connectivity index (χ0n) is 12.9. The van der Waals surface area contributed by atoms with Crippen LogP contribution in [-0.2, 0) is 0 Å². The van der Waals surface area contributed by atoms with Crippen LogP contribution in [0.4, 0.5) is 11.4 Å². The molecule has 1 heterocycles. The maximum absolute atomic E-state index is 6.27. The molecule has 1 aliphatic heterocycles. The predicted octanol–water partition coefficient (Wildman–Crippen LogP) is 2.59. The molecular formula is C16H27N3O. The molecule has 0 radical (unpaired) electrons. The Morgan fingerprint density at radius 2 is 2.00 bits per heavy atom. The number of para-hydroxylation sites is 1. The quantitative estimate of drug-likeness (QED) is 0.840. The van der Waals surface area contributed by atoms with E-state index >= 15 is 0 Å². The molecule has 1 aliphatic rings. The molecule has 0 amide bonds. The minimum absolute atomic E-state index is 0.687. The molecule has 1 aromatic rings. The Labute approximate surface area is 122 Å². The standard InChI is InChI=1S/C16H27N3O/c1-4-12-20-15-7-5-6-14(16(15)17)19-10-8-13(9-11-19)18(2)3/h5-7,13H,4,8-12,17H2,1-3H3. The van der Waals surface area contributed by atoms with Crippen LogP contribution in [0.3, 0.4) is 0 Å². The molecule has 0 spiro atoms. The summed E-state index contributed by atoms with van der Waals surface area (Å²) in [5, 5.41) is 0. The van der Waals surface area contributed by atoms with Crippen molar-refractivity contribution >= 4 is 11.4 Å². The van der Waals surface area contributed by atoms with Gasteiger partial charge in [0.1, 0.15) is 5.75 Å². The van der Waals surface area contributed by atoms with E-state index in [1.807, 2.05) is 12.1 Å². The highest BCUT2D eigenvalue weighted by Gasteiger charge is 2.22. The molecule has 0 unspecified atom stereocenters. The number of hydrogen-bond acceptors (Lipinski definition) is 4. The molecule has 0 bridgehead atoms. The van der Waals surface area contributed by atoms with Crippen molar-refractivity contribution in [2.24, 2.45) is 0 Å². The van der Waals surface area contributed by atoms with Gasteiger partial charge >= 0.3 is 0 Å².